The van der Waals surface area contributed by atoms with E-state index in [0.717, 1.165) is 5.56 Å². The number of halogens is 1. The molecule has 1 saturated heterocycles. The summed E-state index contributed by atoms with van der Waals surface area (Å²) in [5, 5.41) is 4.62. The number of aromatic nitrogens is 2. The molecule has 0 radical (unpaired) electrons. The molecular formula is C15H17ClN4O3. The van der Waals surface area contributed by atoms with Crippen LogP contribution in [0.25, 0.3) is 11.4 Å². The molecule has 2 heterocycles. The van der Waals surface area contributed by atoms with E-state index in [2.05, 4.69) is 10.1 Å². The minimum absolute atomic E-state index is 0.00250. The van der Waals surface area contributed by atoms with E-state index in [-0.39, 0.29) is 12.5 Å². The maximum Gasteiger partial charge on any atom is 0.324 e. The number of hydrogen-bond acceptors (Lipinski definition) is 6. The van der Waals surface area contributed by atoms with Crippen LogP contribution in [0.2, 0.25) is 5.02 Å². The molecule has 0 aliphatic carbocycles. The van der Waals surface area contributed by atoms with Gasteiger partial charge in [-0.25, -0.2) is 0 Å². The van der Waals surface area contributed by atoms with E-state index in [1.54, 1.807) is 17.0 Å². The Morgan fingerprint density at radius 2 is 2.13 bits per heavy atom. The lowest BCUT2D eigenvalue weighted by Gasteiger charge is -2.33. The van der Waals surface area contributed by atoms with Crippen molar-refractivity contribution in [2.75, 3.05) is 44.8 Å². The fraction of sp³-hybridized carbons (Fsp3) is 0.400. The molecule has 0 spiro atoms. The van der Waals surface area contributed by atoms with Gasteiger partial charge in [0.2, 0.25) is 11.7 Å². The topological polar surface area (TPSA) is 71.7 Å². The summed E-state index contributed by atoms with van der Waals surface area (Å²) in [4.78, 5) is 19.9. The molecule has 2 aromatic rings. The predicted molar refractivity (Wildman–Crippen MR) is 85.4 cm³/mol. The number of ether oxygens (including phenoxy) is 1. The third-order valence-electron chi connectivity index (χ3n) is 3.67. The van der Waals surface area contributed by atoms with Crippen molar-refractivity contribution in [2.24, 2.45) is 0 Å². The van der Waals surface area contributed by atoms with E-state index in [1.807, 2.05) is 17.0 Å². The average molecular weight is 337 g/mol. The van der Waals surface area contributed by atoms with Crippen molar-refractivity contribution in [1.29, 1.82) is 0 Å². The highest BCUT2D eigenvalue weighted by Gasteiger charge is 2.24. The molecule has 23 heavy (non-hydrogen) atoms. The summed E-state index contributed by atoms with van der Waals surface area (Å²) in [6.45, 7) is 2.62. The van der Waals surface area contributed by atoms with Crippen molar-refractivity contribution in [3.63, 3.8) is 0 Å². The summed E-state index contributed by atoms with van der Waals surface area (Å²) in [5.74, 6) is 0.498. The van der Waals surface area contributed by atoms with Crippen LogP contribution in [0.5, 0.6) is 0 Å². The molecule has 3 rings (SSSR count). The minimum Gasteiger partial charge on any atom is -0.375 e. The second kappa shape index (κ2) is 6.97. The van der Waals surface area contributed by atoms with Crippen molar-refractivity contribution < 1.29 is 14.1 Å². The molecule has 0 atom stereocenters. The Labute approximate surface area is 138 Å². The predicted octanol–water partition coefficient (Wildman–Crippen LogP) is 1.69. The fourth-order valence-corrected chi connectivity index (χ4v) is 2.64. The average Bonchev–Trinajstić information content (AvgIpc) is 3.05. The van der Waals surface area contributed by atoms with E-state index in [9.17, 15) is 4.79 Å². The Kier molecular flexibility index (Phi) is 4.78. The molecule has 7 nitrogen and oxygen atoms in total. The van der Waals surface area contributed by atoms with Crippen LogP contribution < -0.4 is 4.90 Å². The van der Waals surface area contributed by atoms with E-state index in [4.69, 9.17) is 20.9 Å². The van der Waals surface area contributed by atoms with Crippen molar-refractivity contribution in [3.05, 3.63) is 29.3 Å². The smallest absolute Gasteiger partial charge is 0.324 e. The molecule has 0 bridgehead atoms. The van der Waals surface area contributed by atoms with Crippen LogP contribution in [0, 0.1) is 0 Å². The molecule has 122 valence electrons. The molecular weight excluding hydrogens is 320 g/mol. The molecule has 0 saturated carbocycles. The second-order valence-corrected chi connectivity index (χ2v) is 5.65. The third-order valence-corrected chi connectivity index (χ3v) is 3.90. The molecule has 0 unspecified atom stereocenters. The number of nitrogens with zero attached hydrogens (tertiary/aromatic N) is 4. The number of rotatable bonds is 4. The van der Waals surface area contributed by atoms with Gasteiger partial charge in [0.05, 0.1) is 0 Å². The molecule has 8 heteroatoms. The Bertz CT molecular complexity index is 683. The summed E-state index contributed by atoms with van der Waals surface area (Å²) >= 11 is 5.98. The van der Waals surface area contributed by atoms with Gasteiger partial charge in [0.1, 0.15) is 6.61 Å². The highest BCUT2D eigenvalue weighted by molar-refractivity contribution is 6.30. The number of hydrogen-bond donors (Lipinski definition) is 0. The first kappa shape index (κ1) is 15.8. The Morgan fingerprint density at radius 3 is 2.83 bits per heavy atom. The number of methoxy groups -OCH3 is 1. The van der Waals surface area contributed by atoms with Gasteiger partial charge in [-0.2, -0.15) is 4.98 Å². The van der Waals surface area contributed by atoms with Gasteiger partial charge >= 0.3 is 6.01 Å². The molecule has 1 aliphatic heterocycles. The monoisotopic (exact) mass is 336 g/mol. The summed E-state index contributed by atoms with van der Waals surface area (Å²) in [6, 6.07) is 7.76. The summed E-state index contributed by atoms with van der Waals surface area (Å²) < 4.78 is 10.2. The maximum atomic E-state index is 11.8. The number of amides is 1. The summed E-state index contributed by atoms with van der Waals surface area (Å²) in [6.07, 6.45) is 0. The molecule has 1 fully saturated rings. The normalized spacial score (nSPS) is 15.0. The minimum atomic E-state index is -0.00250. The zero-order chi connectivity index (χ0) is 16.2. The maximum absolute atomic E-state index is 11.8. The van der Waals surface area contributed by atoms with Crippen LogP contribution >= 0.6 is 11.6 Å². The number of benzene rings is 1. The van der Waals surface area contributed by atoms with E-state index >= 15 is 0 Å². The number of carbonyl (C=O) groups is 1. The zero-order valence-electron chi connectivity index (χ0n) is 12.7. The largest absolute Gasteiger partial charge is 0.375 e. The lowest BCUT2D eigenvalue weighted by Crippen LogP contribution is -2.49. The van der Waals surface area contributed by atoms with Crippen molar-refractivity contribution >= 4 is 23.5 Å². The first-order chi connectivity index (χ1) is 11.2. The van der Waals surface area contributed by atoms with Gasteiger partial charge in [0, 0.05) is 43.9 Å². The van der Waals surface area contributed by atoms with Gasteiger partial charge in [0.25, 0.3) is 0 Å². The van der Waals surface area contributed by atoms with Crippen LogP contribution in [0.3, 0.4) is 0 Å². The standard InChI is InChI=1S/C15H17ClN4O3/c1-22-10-13(21)19-5-7-20(8-6-19)15-17-14(18-23-15)11-3-2-4-12(16)9-11/h2-4,9H,5-8,10H2,1H3. The lowest BCUT2D eigenvalue weighted by molar-refractivity contribution is -0.135. The van der Waals surface area contributed by atoms with Gasteiger partial charge in [-0.3, -0.25) is 4.79 Å². The number of anilines is 1. The van der Waals surface area contributed by atoms with Crippen LogP contribution in [-0.2, 0) is 9.53 Å². The summed E-state index contributed by atoms with van der Waals surface area (Å²) in [5.41, 5.74) is 0.807. The van der Waals surface area contributed by atoms with Gasteiger partial charge in [-0.1, -0.05) is 28.9 Å². The third kappa shape index (κ3) is 3.62. The highest BCUT2D eigenvalue weighted by Crippen LogP contribution is 2.23. The number of carbonyl (C=O) groups excluding carboxylic acids is 1. The molecule has 1 amide bonds. The lowest BCUT2D eigenvalue weighted by atomic mass is 10.2. The van der Waals surface area contributed by atoms with Crippen LogP contribution in [-0.4, -0.2) is 60.8 Å². The quantitative estimate of drug-likeness (QED) is 0.846. The number of piperazine rings is 1. The Hall–Kier alpha value is -2.12. The van der Waals surface area contributed by atoms with E-state index in [1.165, 1.54) is 7.11 Å². The Balaban J connectivity index is 1.65. The first-order valence-electron chi connectivity index (χ1n) is 7.28. The SMILES string of the molecule is COCC(=O)N1CCN(c2nc(-c3cccc(Cl)c3)no2)CC1. The fourth-order valence-electron chi connectivity index (χ4n) is 2.45. The van der Waals surface area contributed by atoms with Gasteiger partial charge < -0.3 is 19.1 Å². The van der Waals surface area contributed by atoms with Gasteiger partial charge in [-0.05, 0) is 12.1 Å². The van der Waals surface area contributed by atoms with Crippen molar-refractivity contribution in [2.45, 2.75) is 0 Å². The summed E-state index contributed by atoms with van der Waals surface area (Å²) in [7, 11) is 1.52. The second-order valence-electron chi connectivity index (χ2n) is 5.21. The van der Waals surface area contributed by atoms with Crippen molar-refractivity contribution in [3.8, 4) is 11.4 Å². The van der Waals surface area contributed by atoms with Gasteiger partial charge in [0.15, 0.2) is 0 Å². The molecule has 1 aromatic heterocycles. The van der Waals surface area contributed by atoms with Crippen molar-refractivity contribution in [1.82, 2.24) is 15.0 Å². The highest BCUT2D eigenvalue weighted by atomic mass is 35.5. The molecule has 1 aromatic carbocycles. The van der Waals surface area contributed by atoms with E-state index in [0.29, 0.717) is 43.0 Å². The first-order valence-corrected chi connectivity index (χ1v) is 7.66. The van der Waals surface area contributed by atoms with Crippen LogP contribution in [0.15, 0.2) is 28.8 Å². The Morgan fingerprint density at radius 1 is 1.35 bits per heavy atom. The zero-order valence-corrected chi connectivity index (χ0v) is 13.5. The van der Waals surface area contributed by atoms with Gasteiger partial charge in [-0.15, -0.1) is 0 Å². The molecule has 1 aliphatic rings. The van der Waals surface area contributed by atoms with Crippen LogP contribution in [0.4, 0.5) is 6.01 Å². The van der Waals surface area contributed by atoms with E-state index < -0.39 is 0 Å². The molecule has 0 N–H and O–H groups in total. The van der Waals surface area contributed by atoms with Crippen LogP contribution in [0.1, 0.15) is 0 Å².